The van der Waals surface area contributed by atoms with Crippen LogP contribution in [0.15, 0.2) is 11.4 Å². The molecule has 2 unspecified atom stereocenters. The van der Waals surface area contributed by atoms with Gasteiger partial charge in [-0.05, 0) is 55.0 Å². The third-order valence-electron chi connectivity index (χ3n) is 4.46. The molecule has 0 aromatic carbocycles. The minimum atomic E-state index is 0.151. The summed E-state index contributed by atoms with van der Waals surface area (Å²) in [5, 5.41) is 3.20. The quantitative estimate of drug-likeness (QED) is 0.765. The molecule has 0 radical (unpaired) electrons. The number of carbonyl (C=O) groups excluding carboxylic acids is 1. The van der Waals surface area contributed by atoms with Crippen LogP contribution in [0.5, 0.6) is 0 Å². The van der Waals surface area contributed by atoms with Gasteiger partial charge in [0.15, 0.2) is 0 Å². The first-order chi connectivity index (χ1) is 9.29. The molecule has 1 fully saturated rings. The molecular weight excluding hydrogens is 322 g/mol. The van der Waals surface area contributed by atoms with Crippen molar-refractivity contribution >= 4 is 33.2 Å². The number of hydrogen-bond acceptors (Lipinski definition) is 2. The van der Waals surface area contributed by atoms with Gasteiger partial charge in [0.1, 0.15) is 0 Å². The maximum absolute atomic E-state index is 12.7. The molecular formula is C15H20BrNOS. The van der Waals surface area contributed by atoms with E-state index < -0.39 is 0 Å². The second-order valence-corrected chi connectivity index (χ2v) is 7.45. The van der Waals surface area contributed by atoms with Crippen LogP contribution in [0.4, 0.5) is 0 Å². The summed E-state index contributed by atoms with van der Waals surface area (Å²) >= 11 is 5.33. The van der Waals surface area contributed by atoms with E-state index >= 15 is 0 Å². The molecule has 0 saturated carbocycles. The lowest BCUT2D eigenvalue weighted by Crippen LogP contribution is -2.34. The third kappa shape index (κ3) is 2.75. The zero-order valence-electron chi connectivity index (χ0n) is 11.1. The van der Waals surface area contributed by atoms with E-state index in [1.54, 1.807) is 0 Å². The fourth-order valence-electron chi connectivity index (χ4n) is 3.39. The predicted octanol–water partition coefficient (Wildman–Crippen LogP) is 3.80. The number of fused-ring (bicyclic) bond motifs is 1. The topological polar surface area (TPSA) is 20.3 Å². The van der Waals surface area contributed by atoms with E-state index in [1.165, 1.54) is 36.1 Å². The van der Waals surface area contributed by atoms with Gasteiger partial charge in [0.05, 0.1) is 5.92 Å². The van der Waals surface area contributed by atoms with E-state index in [0.717, 1.165) is 24.8 Å². The van der Waals surface area contributed by atoms with Crippen molar-refractivity contribution in [2.75, 3.05) is 18.4 Å². The standard InChI is InChI=1S/C15H20BrNOS/c16-7-4-11-5-8-17(10-11)15(18)13-2-1-3-14-12(13)6-9-19-14/h6,9,11,13H,1-5,7-8,10H2. The molecule has 2 heterocycles. The summed E-state index contributed by atoms with van der Waals surface area (Å²) in [5.74, 6) is 1.24. The number of thiophene rings is 1. The highest BCUT2D eigenvalue weighted by Crippen LogP contribution is 2.37. The number of aryl methyl sites for hydroxylation is 1. The van der Waals surface area contributed by atoms with Crippen LogP contribution in [-0.4, -0.2) is 29.2 Å². The summed E-state index contributed by atoms with van der Waals surface area (Å²) in [4.78, 5) is 16.3. The first-order valence-corrected chi connectivity index (χ1v) is 9.20. The number of alkyl halides is 1. The summed E-state index contributed by atoms with van der Waals surface area (Å²) in [6, 6.07) is 2.17. The predicted molar refractivity (Wildman–Crippen MR) is 83.1 cm³/mol. The van der Waals surface area contributed by atoms with Gasteiger partial charge in [0, 0.05) is 23.3 Å². The second-order valence-electron chi connectivity index (χ2n) is 5.66. The van der Waals surface area contributed by atoms with Gasteiger partial charge in [-0.3, -0.25) is 4.79 Å². The van der Waals surface area contributed by atoms with Crippen LogP contribution in [0.3, 0.4) is 0 Å². The summed E-state index contributed by atoms with van der Waals surface area (Å²) in [5.41, 5.74) is 1.32. The number of hydrogen-bond donors (Lipinski definition) is 0. The van der Waals surface area contributed by atoms with E-state index in [9.17, 15) is 4.79 Å². The minimum Gasteiger partial charge on any atom is -0.342 e. The van der Waals surface area contributed by atoms with Crippen LogP contribution in [-0.2, 0) is 11.2 Å². The van der Waals surface area contributed by atoms with Gasteiger partial charge in [0.25, 0.3) is 0 Å². The molecule has 2 aliphatic rings. The van der Waals surface area contributed by atoms with Gasteiger partial charge < -0.3 is 4.90 Å². The van der Waals surface area contributed by atoms with Crippen LogP contribution in [0.2, 0.25) is 0 Å². The molecule has 1 saturated heterocycles. The normalized spacial score (nSPS) is 26.5. The zero-order valence-corrected chi connectivity index (χ0v) is 13.5. The van der Waals surface area contributed by atoms with Crippen LogP contribution in [0.25, 0.3) is 0 Å². The molecule has 1 aromatic rings. The average Bonchev–Trinajstić information content (AvgIpc) is 3.06. The monoisotopic (exact) mass is 341 g/mol. The van der Waals surface area contributed by atoms with E-state index in [4.69, 9.17) is 0 Å². The number of halogens is 1. The van der Waals surface area contributed by atoms with Crippen molar-refractivity contribution in [1.29, 1.82) is 0 Å². The van der Waals surface area contributed by atoms with Crippen molar-refractivity contribution in [3.8, 4) is 0 Å². The molecule has 1 aliphatic heterocycles. The van der Waals surface area contributed by atoms with Crippen LogP contribution >= 0.6 is 27.3 Å². The van der Waals surface area contributed by atoms with Crippen molar-refractivity contribution in [1.82, 2.24) is 4.90 Å². The Labute approximate surface area is 127 Å². The minimum absolute atomic E-state index is 0.151. The lowest BCUT2D eigenvalue weighted by atomic mass is 9.87. The smallest absolute Gasteiger partial charge is 0.230 e. The molecule has 104 valence electrons. The summed E-state index contributed by atoms with van der Waals surface area (Å²) in [6.07, 6.45) is 5.76. The molecule has 0 spiro atoms. The Kier molecular flexibility index (Phi) is 4.27. The largest absolute Gasteiger partial charge is 0.342 e. The highest BCUT2D eigenvalue weighted by Gasteiger charge is 2.33. The lowest BCUT2D eigenvalue weighted by Gasteiger charge is -2.26. The number of likely N-dealkylation sites (tertiary alicyclic amines) is 1. The molecule has 4 heteroatoms. The van der Waals surface area contributed by atoms with Gasteiger partial charge in [-0.25, -0.2) is 0 Å². The molecule has 0 N–H and O–H groups in total. The van der Waals surface area contributed by atoms with Gasteiger partial charge in [0.2, 0.25) is 5.91 Å². The summed E-state index contributed by atoms with van der Waals surface area (Å²) in [6.45, 7) is 1.94. The van der Waals surface area contributed by atoms with Crippen molar-refractivity contribution in [3.05, 3.63) is 21.9 Å². The number of amides is 1. The highest BCUT2D eigenvalue weighted by atomic mass is 79.9. The average molecular weight is 342 g/mol. The van der Waals surface area contributed by atoms with Gasteiger partial charge >= 0.3 is 0 Å². The molecule has 2 nitrogen and oxygen atoms in total. The second kappa shape index (κ2) is 5.96. The first kappa shape index (κ1) is 13.6. The number of nitrogens with zero attached hydrogens (tertiary/aromatic N) is 1. The van der Waals surface area contributed by atoms with Crippen molar-refractivity contribution in [2.24, 2.45) is 5.92 Å². The van der Waals surface area contributed by atoms with E-state index in [0.29, 0.717) is 11.8 Å². The third-order valence-corrected chi connectivity index (χ3v) is 5.92. The SMILES string of the molecule is O=C(C1CCCc2sccc21)N1CCC(CCBr)C1. The Hall–Kier alpha value is -0.350. The van der Waals surface area contributed by atoms with Crippen molar-refractivity contribution in [2.45, 2.75) is 38.0 Å². The molecule has 1 aromatic heterocycles. The van der Waals surface area contributed by atoms with Gasteiger partial charge in [-0.1, -0.05) is 15.9 Å². The fourth-order valence-corrected chi connectivity index (χ4v) is 5.02. The van der Waals surface area contributed by atoms with Gasteiger partial charge in [-0.15, -0.1) is 11.3 Å². The lowest BCUT2D eigenvalue weighted by molar-refractivity contribution is -0.132. The highest BCUT2D eigenvalue weighted by molar-refractivity contribution is 9.09. The molecule has 2 atom stereocenters. The number of carbonyl (C=O) groups is 1. The Morgan fingerprint density at radius 1 is 1.47 bits per heavy atom. The van der Waals surface area contributed by atoms with Crippen molar-refractivity contribution in [3.63, 3.8) is 0 Å². The molecule has 3 rings (SSSR count). The maximum atomic E-state index is 12.7. The van der Waals surface area contributed by atoms with Gasteiger partial charge in [-0.2, -0.15) is 0 Å². The Balaban J connectivity index is 1.69. The molecule has 0 bridgehead atoms. The van der Waals surface area contributed by atoms with E-state index in [1.807, 2.05) is 11.3 Å². The van der Waals surface area contributed by atoms with E-state index in [2.05, 4.69) is 32.3 Å². The van der Waals surface area contributed by atoms with Crippen LogP contribution in [0, 0.1) is 5.92 Å². The maximum Gasteiger partial charge on any atom is 0.230 e. The zero-order chi connectivity index (χ0) is 13.2. The fraction of sp³-hybridized carbons (Fsp3) is 0.667. The molecule has 1 amide bonds. The van der Waals surface area contributed by atoms with Crippen LogP contribution in [0.1, 0.15) is 42.0 Å². The molecule has 19 heavy (non-hydrogen) atoms. The molecule has 1 aliphatic carbocycles. The Morgan fingerprint density at radius 3 is 3.21 bits per heavy atom. The number of rotatable bonds is 3. The summed E-state index contributed by atoms with van der Waals surface area (Å²) in [7, 11) is 0. The Bertz CT molecular complexity index is 459. The van der Waals surface area contributed by atoms with Crippen molar-refractivity contribution < 1.29 is 4.79 Å². The Morgan fingerprint density at radius 2 is 2.37 bits per heavy atom. The van der Waals surface area contributed by atoms with Crippen LogP contribution < -0.4 is 0 Å². The summed E-state index contributed by atoms with van der Waals surface area (Å²) < 4.78 is 0. The first-order valence-electron chi connectivity index (χ1n) is 7.20. The van der Waals surface area contributed by atoms with E-state index in [-0.39, 0.29) is 5.92 Å².